The van der Waals surface area contributed by atoms with Gasteiger partial charge in [0.05, 0.1) is 5.56 Å². The van der Waals surface area contributed by atoms with Crippen LogP contribution in [-0.2, 0) is 0 Å². The summed E-state index contributed by atoms with van der Waals surface area (Å²) in [5.41, 5.74) is 1.37. The number of halogens is 3. The second kappa shape index (κ2) is 5.68. The summed E-state index contributed by atoms with van der Waals surface area (Å²) in [7, 11) is 0. The van der Waals surface area contributed by atoms with Gasteiger partial charge in [-0.1, -0.05) is 46.9 Å². The molecule has 0 unspecified atom stereocenters. The number of furan rings is 1. The van der Waals surface area contributed by atoms with Gasteiger partial charge in [0, 0.05) is 5.02 Å². The Morgan fingerprint density at radius 3 is 2.00 bits per heavy atom. The van der Waals surface area contributed by atoms with Crippen molar-refractivity contribution in [1.82, 2.24) is 9.97 Å². The molecule has 3 aromatic rings. The van der Waals surface area contributed by atoms with Crippen LogP contribution in [0.15, 0.2) is 40.8 Å². The second-order valence-electron chi connectivity index (χ2n) is 4.42. The molecule has 0 atom stereocenters. The molecule has 0 saturated heterocycles. The Labute approximate surface area is 136 Å². The molecular weight excluding hydrogens is 331 g/mol. The first-order valence-corrected chi connectivity index (χ1v) is 7.24. The van der Waals surface area contributed by atoms with Gasteiger partial charge in [-0.3, -0.25) is 0 Å². The molecule has 2 aromatic heterocycles. The molecule has 21 heavy (non-hydrogen) atoms. The molecule has 0 aliphatic carbocycles. The molecule has 0 spiro atoms. The summed E-state index contributed by atoms with van der Waals surface area (Å²) in [6.45, 7) is 1.84. The van der Waals surface area contributed by atoms with Gasteiger partial charge < -0.3 is 4.42 Å². The molecule has 0 aliphatic rings. The van der Waals surface area contributed by atoms with Crippen LogP contribution in [0.25, 0.3) is 22.7 Å². The van der Waals surface area contributed by atoms with Crippen molar-refractivity contribution in [3.05, 3.63) is 57.5 Å². The summed E-state index contributed by atoms with van der Waals surface area (Å²) >= 11 is 18.4. The highest BCUT2D eigenvalue weighted by Gasteiger charge is 2.16. The van der Waals surface area contributed by atoms with E-state index in [1.165, 1.54) is 0 Å². The van der Waals surface area contributed by atoms with Crippen LogP contribution in [0, 0.1) is 6.92 Å². The summed E-state index contributed by atoms with van der Waals surface area (Å²) < 4.78 is 5.48. The fourth-order valence-corrected chi connectivity index (χ4v) is 2.66. The number of aromatic nitrogens is 2. The van der Waals surface area contributed by atoms with Gasteiger partial charge in [-0.2, -0.15) is 0 Å². The predicted molar refractivity (Wildman–Crippen MR) is 84.9 cm³/mol. The Morgan fingerprint density at radius 1 is 0.857 bits per heavy atom. The number of hydrogen-bond donors (Lipinski definition) is 0. The van der Waals surface area contributed by atoms with Crippen molar-refractivity contribution in [2.45, 2.75) is 6.92 Å². The van der Waals surface area contributed by atoms with Crippen LogP contribution in [0.5, 0.6) is 0 Å². The number of hydrogen-bond acceptors (Lipinski definition) is 3. The summed E-state index contributed by atoms with van der Waals surface area (Å²) in [5.74, 6) is 1.65. The zero-order chi connectivity index (χ0) is 15.0. The van der Waals surface area contributed by atoms with E-state index in [0.717, 1.165) is 11.3 Å². The fraction of sp³-hybridized carbons (Fsp3) is 0.0667. The van der Waals surface area contributed by atoms with Crippen LogP contribution in [0.4, 0.5) is 0 Å². The summed E-state index contributed by atoms with van der Waals surface area (Å²) in [6, 6.07) is 10.7. The molecule has 6 heteroatoms. The van der Waals surface area contributed by atoms with Gasteiger partial charge in [0.15, 0.2) is 11.6 Å². The summed E-state index contributed by atoms with van der Waals surface area (Å²) in [6.07, 6.45) is 0. The molecule has 0 aliphatic heterocycles. The lowest BCUT2D eigenvalue weighted by atomic mass is 10.1. The highest BCUT2D eigenvalue weighted by molar-refractivity contribution is 6.38. The molecule has 2 heterocycles. The average molecular weight is 340 g/mol. The number of benzene rings is 1. The van der Waals surface area contributed by atoms with Crippen LogP contribution < -0.4 is 0 Å². The highest BCUT2D eigenvalue weighted by atomic mass is 35.5. The number of aryl methyl sites for hydroxylation is 1. The normalized spacial score (nSPS) is 10.9. The fourth-order valence-electron chi connectivity index (χ4n) is 1.93. The maximum absolute atomic E-state index is 6.26. The average Bonchev–Trinajstić information content (AvgIpc) is 2.87. The first kappa shape index (κ1) is 14.4. The van der Waals surface area contributed by atoms with E-state index in [0.29, 0.717) is 22.2 Å². The van der Waals surface area contributed by atoms with Gasteiger partial charge in [-0.25, -0.2) is 9.97 Å². The molecule has 3 nitrogen and oxygen atoms in total. The molecule has 0 N–H and O–H groups in total. The van der Waals surface area contributed by atoms with Crippen molar-refractivity contribution in [3.63, 3.8) is 0 Å². The van der Waals surface area contributed by atoms with Crippen molar-refractivity contribution in [1.29, 1.82) is 0 Å². The van der Waals surface area contributed by atoms with E-state index in [1.807, 2.05) is 25.1 Å². The van der Waals surface area contributed by atoms with Gasteiger partial charge >= 0.3 is 0 Å². The standard InChI is InChI=1S/C15H9Cl3N2O/c1-8-2-7-11(21-8)15-19-13(17)12(14(18)20-15)9-3-5-10(16)6-4-9/h2-7H,1H3. The van der Waals surface area contributed by atoms with Crippen molar-refractivity contribution in [2.24, 2.45) is 0 Å². The van der Waals surface area contributed by atoms with Gasteiger partial charge in [-0.05, 0) is 36.8 Å². The molecule has 106 valence electrons. The van der Waals surface area contributed by atoms with Crippen LogP contribution in [-0.4, -0.2) is 9.97 Å². The third-order valence-electron chi connectivity index (χ3n) is 2.91. The maximum atomic E-state index is 6.26. The minimum atomic E-state index is 0.265. The third kappa shape index (κ3) is 2.91. The monoisotopic (exact) mass is 338 g/mol. The Hall–Kier alpha value is -1.55. The SMILES string of the molecule is Cc1ccc(-c2nc(Cl)c(-c3ccc(Cl)cc3)c(Cl)n2)o1. The molecule has 0 radical (unpaired) electrons. The Bertz CT molecular complexity index is 774. The minimum absolute atomic E-state index is 0.265. The summed E-state index contributed by atoms with van der Waals surface area (Å²) in [4.78, 5) is 8.52. The van der Waals surface area contributed by atoms with Crippen LogP contribution >= 0.6 is 34.8 Å². The molecule has 3 rings (SSSR count). The minimum Gasteiger partial charge on any atom is -0.458 e. The molecule has 0 amide bonds. The van der Waals surface area contributed by atoms with Crippen LogP contribution in [0.3, 0.4) is 0 Å². The van der Waals surface area contributed by atoms with E-state index < -0.39 is 0 Å². The lowest BCUT2D eigenvalue weighted by molar-refractivity contribution is 0.544. The molecular formula is C15H9Cl3N2O. The van der Waals surface area contributed by atoms with E-state index in [1.54, 1.807) is 18.2 Å². The van der Waals surface area contributed by atoms with E-state index in [9.17, 15) is 0 Å². The van der Waals surface area contributed by atoms with Crippen LogP contribution in [0.1, 0.15) is 5.76 Å². The smallest absolute Gasteiger partial charge is 0.198 e. The van der Waals surface area contributed by atoms with E-state index >= 15 is 0 Å². The van der Waals surface area contributed by atoms with E-state index in [4.69, 9.17) is 39.2 Å². The Kier molecular flexibility index (Phi) is 3.89. The van der Waals surface area contributed by atoms with E-state index in [-0.39, 0.29) is 10.3 Å². The molecule has 1 aromatic carbocycles. The quantitative estimate of drug-likeness (QED) is 0.564. The van der Waals surface area contributed by atoms with Crippen molar-refractivity contribution >= 4 is 34.8 Å². The number of nitrogens with zero attached hydrogens (tertiary/aromatic N) is 2. The molecule has 0 fully saturated rings. The lowest BCUT2D eigenvalue weighted by Crippen LogP contribution is -1.93. The predicted octanol–water partition coefficient (Wildman–Crippen LogP) is 5.67. The van der Waals surface area contributed by atoms with Crippen molar-refractivity contribution in [3.8, 4) is 22.7 Å². The Morgan fingerprint density at radius 2 is 1.48 bits per heavy atom. The van der Waals surface area contributed by atoms with Gasteiger partial charge in [0.2, 0.25) is 0 Å². The largest absolute Gasteiger partial charge is 0.458 e. The maximum Gasteiger partial charge on any atom is 0.198 e. The second-order valence-corrected chi connectivity index (χ2v) is 5.57. The van der Waals surface area contributed by atoms with Crippen molar-refractivity contribution in [2.75, 3.05) is 0 Å². The highest BCUT2D eigenvalue weighted by Crippen LogP contribution is 2.34. The topological polar surface area (TPSA) is 38.9 Å². The van der Waals surface area contributed by atoms with Gasteiger partial charge in [0.1, 0.15) is 16.1 Å². The van der Waals surface area contributed by atoms with Gasteiger partial charge in [0.25, 0.3) is 0 Å². The number of rotatable bonds is 2. The lowest BCUT2D eigenvalue weighted by Gasteiger charge is -2.07. The third-order valence-corrected chi connectivity index (χ3v) is 3.71. The van der Waals surface area contributed by atoms with Crippen LogP contribution in [0.2, 0.25) is 15.3 Å². The first-order chi connectivity index (χ1) is 10.0. The van der Waals surface area contributed by atoms with Crippen molar-refractivity contribution < 1.29 is 4.42 Å². The first-order valence-electron chi connectivity index (χ1n) is 6.10. The zero-order valence-electron chi connectivity index (χ0n) is 10.9. The van der Waals surface area contributed by atoms with E-state index in [2.05, 4.69) is 9.97 Å². The summed E-state index contributed by atoms with van der Waals surface area (Å²) in [5, 5.41) is 1.16. The zero-order valence-corrected chi connectivity index (χ0v) is 13.2. The Balaban J connectivity index is 2.10. The molecule has 0 saturated carbocycles. The molecule has 0 bridgehead atoms. The van der Waals surface area contributed by atoms with Gasteiger partial charge in [-0.15, -0.1) is 0 Å².